The van der Waals surface area contributed by atoms with Gasteiger partial charge in [0.05, 0.1) is 12.6 Å². The van der Waals surface area contributed by atoms with Gasteiger partial charge >= 0.3 is 6.16 Å². The largest absolute Gasteiger partial charge is 0.525 e. The Morgan fingerprint density at radius 3 is 2.56 bits per heavy atom. The highest BCUT2D eigenvalue weighted by molar-refractivity contribution is 5.56. The van der Waals surface area contributed by atoms with Crippen molar-refractivity contribution in [2.75, 3.05) is 19.7 Å². The Balaban J connectivity index is 1.50. The molecule has 0 aromatic heterocycles. The first-order valence-electron chi connectivity index (χ1n) is 8.90. The Hall–Kier alpha value is -2.83. The average molecular weight is 369 g/mol. The summed E-state index contributed by atoms with van der Waals surface area (Å²) in [5.74, 6) is 0.711. The van der Waals surface area contributed by atoms with E-state index in [1.807, 2.05) is 66.7 Å². The van der Waals surface area contributed by atoms with Gasteiger partial charge in [0, 0.05) is 12.5 Å². The number of hydroxylamine groups is 2. The SMILES string of the molecule is O=C(O)ON1CCC(c2ccc(OC/C=C/c3ccccc3)cc2)C(O)C1. The molecule has 2 aromatic carbocycles. The van der Waals surface area contributed by atoms with Gasteiger partial charge in [-0.1, -0.05) is 48.5 Å². The first kappa shape index (κ1) is 18.9. The van der Waals surface area contributed by atoms with Gasteiger partial charge in [-0.15, -0.1) is 5.06 Å². The molecule has 0 amide bonds. The summed E-state index contributed by atoms with van der Waals surface area (Å²) in [5.41, 5.74) is 2.13. The van der Waals surface area contributed by atoms with Crippen molar-refractivity contribution in [1.82, 2.24) is 5.06 Å². The molecule has 6 heteroatoms. The molecule has 0 aliphatic carbocycles. The zero-order valence-electron chi connectivity index (χ0n) is 14.9. The van der Waals surface area contributed by atoms with E-state index in [-0.39, 0.29) is 12.5 Å². The van der Waals surface area contributed by atoms with Crippen LogP contribution >= 0.6 is 0 Å². The number of carbonyl (C=O) groups is 1. The van der Waals surface area contributed by atoms with E-state index in [0.29, 0.717) is 19.6 Å². The van der Waals surface area contributed by atoms with Gasteiger partial charge in [-0.05, 0) is 35.8 Å². The van der Waals surface area contributed by atoms with Crippen molar-refractivity contribution >= 4 is 12.2 Å². The Bertz CT molecular complexity index is 760. The Morgan fingerprint density at radius 2 is 1.89 bits per heavy atom. The minimum absolute atomic E-state index is 0.0503. The predicted molar refractivity (Wildman–Crippen MR) is 101 cm³/mol. The van der Waals surface area contributed by atoms with Gasteiger partial charge in [0.2, 0.25) is 0 Å². The molecule has 1 aliphatic heterocycles. The van der Waals surface area contributed by atoms with E-state index < -0.39 is 12.3 Å². The van der Waals surface area contributed by atoms with Crippen LogP contribution in [-0.2, 0) is 4.84 Å². The molecule has 0 bridgehead atoms. The number of carboxylic acid groups (broad SMARTS) is 1. The molecule has 3 rings (SSSR count). The fourth-order valence-corrected chi connectivity index (χ4v) is 3.19. The molecular formula is C21H23NO5. The van der Waals surface area contributed by atoms with Crippen molar-refractivity contribution in [1.29, 1.82) is 0 Å². The summed E-state index contributed by atoms with van der Waals surface area (Å²) in [6, 6.07) is 17.7. The zero-order chi connectivity index (χ0) is 19.1. The number of nitrogens with zero attached hydrogens (tertiary/aromatic N) is 1. The van der Waals surface area contributed by atoms with Crippen LogP contribution in [0.25, 0.3) is 6.08 Å². The number of rotatable bonds is 6. The van der Waals surface area contributed by atoms with E-state index in [4.69, 9.17) is 9.84 Å². The van der Waals surface area contributed by atoms with Crippen LogP contribution in [-0.4, -0.2) is 47.2 Å². The van der Waals surface area contributed by atoms with Gasteiger partial charge in [-0.3, -0.25) is 0 Å². The number of aliphatic hydroxyl groups excluding tert-OH is 1. The van der Waals surface area contributed by atoms with E-state index in [1.54, 1.807) is 0 Å². The molecule has 2 unspecified atom stereocenters. The predicted octanol–water partition coefficient (Wildman–Crippen LogP) is 3.54. The van der Waals surface area contributed by atoms with E-state index in [0.717, 1.165) is 16.9 Å². The number of piperidine rings is 1. The summed E-state index contributed by atoms with van der Waals surface area (Å²) in [5, 5.41) is 20.2. The normalized spacial score (nSPS) is 20.5. The van der Waals surface area contributed by atoms with E-state index in [9.17, 15) is 9.90 Å². The van der Waals surface area contributed by atoms with Crippen LogP contribution in [0.4, 0.5) is 4.79 Å². The van der Waals surface area contributed by atoms with Gasteiger partial charge in [-0.2, -0.15) is 0 Å². The minimum Gasteiger partial charge on any atom is -0.490 e. The summed E-state index contributed by atoms with van der Waals surface area (Å²) < 4.78 is 5.71. The number of aliphatic hydroxyl groups is 1. The molecule has 1 fully saturated rings. The third-order valence-corrected chi connectivity index (χ3v) is 4.52. The van der Waals surface area contributed by atoms with Crippen LogP contribution in [0.3, 0.4) is 0 Å². The lowest BCUT2D eigenvalue weighted by molar-refractivity contribution is -0.154. The van der Waals surface area contributed by atoms with Crippen molar-refractivity contribution in [3.63, 3.8) is 0 Å². The molecule has 2 N–H and O–H groups in total. The van der Waals surface area contributed by atoms with Crippen LogP contribution < -0.4 is 4.74 Å². The van der Waals surface area contributed by atoms with Gasteiger partial charge in [0.15, 0.2) is 0 Å². The van der Waals surface area contributed by atoms with Crippen LogP contribution in [0.15, 0.2) is 60.7 Å². The van der Waals surface area contributed by atoms with Crippen molar-refractivity contribution in [3.8, 4) is 5.75 Å². The van der Waals surface area contributed by atoms with Crippen molar-refractivity contribution in [2.45, 2.75) is 18.4 Å². The molecule has 2 aromatic rings. The first-order valence-corrected chi connectivity index (χ1v) is 8.90. The molecule has 2 atom stereocenters. The molecule has 142 valence electrons. The Kier molecular flexibility index (Phi) is 6.46. The highest BCUT2D eigenvalue weighted by atomic mass is 16.8. The minimum atomic E-state index is -1.36. The monoisotopic (exact) mass is 369 g/mol. The number of β-amino-alcohol motifs (C(OH)–C–C–N with tert-alkyl or cyclic N) is 1. The van der Waals surface area contributed by atoms with Gasteiger partial charge in [-0.25, -0.2) is 4.79 Å². The van der Waals surface area contributed by atoms with Crippen LogP contribution in [0.2, 0.25) is 0 Å². The summed E-state index contributed by atoms with van der Waals surface area (Å²) in [4.78, 5) is 15.2. The topological polar surface area (TPSA) is 79.2 Å². The number of hydrogen-bond acceptors (Lipinski definition) is 5. The molecule has 1 aliphatic rings. The lowest BCUT2D eigenvalue weighted by Crippen LogP contribution is -2.43. The summed E-state index contributed by atoms with van der Waals surface area (Å²) >= 11 is 0. The summed E-state index contributed by atoms with van der Waals surface area (Å²) in [6.45, 7) is 1.10. The molecular weight excluding hydrogens is 346 g/mol. The van der Waals surface area contributed by atoms with Crippen LogP contribution in [0.1, 0.15) is 23.5 Å². The van der Waals surface area contributed by atoms with E-state index in [2.05, 4.69) is 4.84 Å². The fraction of sp³-hybridized carbons (Fsp3) is 0.286. The molecule has 0 saturated carbocycles. The second kappa shape index (κ2) is 9.21. The average Bonchev–Trinajstić information content (AvgIpc) is 2.66. The van der Waals surface area contributed by atoms with Gasteiger partial charge < -0.3 is 19.8 Å². The van der Waals surface area contributed by atoms with Crippen molar-refractivity contribution in [2.24, 2.45) is 0 Å². The first-order chi connectivity index (χ1) is 13.1. The maximum atomic E-state index is 10.6. The smallest absolute Gasteiger partial charge is 0.490 e. The van der Waals surface area contributed by atoms with Crippen LogP contribution in [0, 0.1) is 0 Å². The second-order valence-corrected chi connectivity index (χ2v) is 6.40. The highest BCUT2D eigenvalue weighted by Gasteiger charge is 2.30. The lowest BCUT2D eigenvalue weighted by Gasteiger charge is -2.34. The Labute approximate surface area is 158 Å². The number of ether oxygens (including phenoxy) is 1. The number of benzene rings is 2. The maximum absolute atomic E-state index is 10.6. The molecule has 27 heavy (non-hydrogen) atoms. The van der Waals surface area contributed by atoms with Gasteiger partial charge in [0.1, 0.15) is 12.4 Å². The quantitative estimate of drug-likeness (QED) is 0.811. The standard InChI is InChI=1S/C21H23NO5/c23-20-15-22(27-21(24)25)13-12-19(20)17-8-10-18(11-9-17)26-14-4-7-16-5-2-1-3-6-16/h1-11,19-20,23H,12-15H2,(H,24,25)/b7-4+. The molecule has 1 saturated heterocycles. The fourth-order valence-electron chi connectivity index (χ4n) is 3.19. The Morgan fingerprint density at radius 1 is 1.15 bits per heavy atom. The highest BCUT2D eigenvalue weighted by Crippen LogP contribution is 2.29. The molecule has 0 radical (unpaired) electrons. The maximum Gasteiger partial charge on any atom is 0.525 e. The lowest BCUT2D eigenvalue weighted by atomic mass is 9.88. The van der Waals surface area contributed by atoms with Gasteiger partial charge in [0.25, 0.3) is 0 Å². The third-order valence-electron chi connectivity index (χ3n) is 4.52. The molecule has 1 heterocycles. The summed E-state index contributed by atoms with van der Waals surface area (Å²) in [6.07, 6.45) is 2.55. The van der Waals surface area contributed by atoms with Crippen molar-refractivity contribution < 1.29 is 24.6 Å². The number of hydrogen-bond donors (Lipinski definition) is 2. The zero-order valence-corrected chi connectivity index (χ0v) is 14.9. The third kappa shape index (κ3) is 5.57. The van der Waals surface area contributed by atoms with Crippen LogP contribution in [0.5, 0.6) is 5.75 Å². The molecule has 6 nitrogen and oxygen atoms in total. The van der Waals surface area contributed by atoms with E-state index in [1.165, 1.54) is 5.06 Å². The summed E-state index contributed by atoms with van der Waals surface area (Å²) in [7, 11) is 0. The molecule has 0 spiro atoms. The van der Waals surface area contributed by atoms with Crippen molar-refractivity contribution in [3.05, 3.63) is 71.8 Å². The van der Waals surface area contributed by atoms with E-state index >= 15 is 0 Å². The second-order valence-electron chi connectivity index (χ2n) is 6.40.